The van der Waals surface area contributed by atoms with Gasteiger partial charge < -0.3 is 14.2 Å². The van der Waals surface area contributed by atoms with Gasteiger partial charge in [-0.2, -0.15) is 0 Å². The Morgan fingerprint density at radius 1 is 1.35 bits per heavy atom. The summed E-state index contributed by atoms with van der Waals surface area (Å²) in [6, 6.07) is 0. The summed E-state index contributed by atoms with van der Waals surface area (Å²) < 4.78 is 16.4. The second kappa shape index (κ2) is 10.8. The molecule has 120 valence electrons. The Bertz CT molecular complexity index is 278. The molecule has 0 amide bonds. The van der Waals surface area contributed by atoms with Crippen molar-refractivity contribution in [3.05, 3.63) is 0 Å². The third-order valence-corrected chi connectivity index (χ3v) is 3.79. The molecule has 6 heteroatoms. The minimum absolute atomic E-state index is 0.109. The van der Waals surface area contributed by atoms with Crippen LogP contribution in [0, 0.1) is 5.92 Å². The van der Waals surface area contributed by atoms with Gasteiger partial charge in [0.25, 0.3) is 0 Å². The average Bonchev–Trinajstić information content (AvgIpc) is 2.47. The summed E-state index contributed by atoms with van der Waals surface area (Å²) in [7, 11) is 2.59. The van der Waals surface area contributed by atoms with E-state index in [2.05, 4.69) is 9.24 Å². The number of carbonyl (C=O) groups excluding carboxylic acids is 1. The first kappa shape index (κ1) is 20.1. The number of hydrogen-bond acceptors (Lipinski definition) is 4. The molecule has 0 rings (SSSR count). The molecule has 20 heavy (non-hydrogen) atoms. The highest BCUT2D eigenvalue weighted by Crippen LogP contribution is 2.19. The van der Waals surface area contributed by atoms with Gasteiger partial charge in [-0.1, -0.05) is 13.8 Å². The summed E-state index contributed by atoms with van der Waals surface area (Å²) in [6.45, 7) is 8.85. The molecule has 0 aromatic carbocycles. The highest BCUT2D eigenvalue weighted by atomic mass is 35.5. The lowest BCUT2D eigenvalue weighted by Gasteiger charge is -2.28. The lowest BCUT2D eigenvalue weighted by Crippen LogP contribution is -2.41. The van der Waals surface area contributed by atoms with E-state index in [9.17, 15) is 4.79 Å². The van der Waals surface area contributed by atoms with Crippen molar-refractivity contribution in [2.75, 3.05) is 31.9 Å². The standard InChI is InChI=1S/C14H28ClO4P/c1-5-14(4,19-9-11(2)8-15)13(16)18-10-12(3)17-6-7-20/h11-12H,5-10,20H2,1-4H3. The smallest absolute Gasteiger partial charge is 0.338 e. The molecule has 0 bridgehead atoms. The first-order chi connectivity index (χ1) is 9.39. The Kier molecular flexibility index (Phi) is 10.8. The van der Waals surface area contributed by atoms with Crippen LogP contribution in [0.2, 0.25) is 0 Å². The van der Waals surface area contributed by atoms with Crippen molar-refractivity contribution in [1.82, 2.24) is 0 Å². The van der Waals surface area contributed by atoms with Crippen molar-refractivity contribution < 1.29 is 19.0 Å². The molecule has 0 aromatic heterocycles. The zero-order chi connectivity index (χ0) is 15.6. The van der Waals surface area contributed by atoms with Crippen molar-refractivity contribution in [1.29, 1.82) is 0 Å². The first-order valence-electron chi connectivity index (χ1n) is 7.08. The summed E-state index contributed by atoms with van der Waals surface area (Å²) in [5.74, 6) is 0.372. The maximum atomic E-state index is 12.1. The Hall–Kier alpha value is 0.110. The summed E-state index contributed by atoms with van der Waals surface area (Å²) in [5, 5.41) is 0. The van der Waals surface area contributed by atoms with E-state index in [1.807, 2.05) is 20.8 Å². The Morgan fingerprint density at radius 2 is 2.00 bits per heavy atom. The molecule has 0 heterocycles. The lowest BCUT2D eigenvalue weighted by molar-refractivity contribution is -0.175. The number of alkyl halides is 1. The number of esters is 1. The quantitative estimate of drug-likeness (QED) is 0.333. The SMILES string of the molecule is CCC(C)(OCC(C)CCl)C(=O)OCC(C)OCCP. The van der Waals surface area contributed by atoms with E-state index in [4.69, 9.17) is 25.8 Å². The van der Waals surface area contributed by atoms with Gasteiger partial charge in [-0.15, -0.1) is 20.8 Å². The largest absolute Gasteiger partial charge is 0.461 e. The molecule has 0 radical (unpaired) electrons. The maximum Gasteiger partial charge on any atom is 0.338 e. The van der Waals surface area contributed by atoms with Gasteiger partial charge in [-0.05, 0) is 32.3 Å². The van der Waals surface area contributed by atoms with Gasteiger partial charge in [-0.25, -0.2) is 4.79 Å². The van der Waals surface area contributed by atoms with Crippen molar-refractivity contribution in [2.24, 2.45) is 5.92 Å². The molecular weight excluding hydrogens is 299 g/mol. The minimum Gasteiger partial charge on any atom is -0.461 e. The summed E-state index contributed by atoms with van der Waals surface area (Å²) >= 11 is 5.74. The molecule has 4 atom stereocenters. The van der Waals surface area contributed by atoms with Gasteiger partial charge in [0.2, 0.25) is 0 Å². The third kappa shape index (κ3) is 7.78. The van der Waals surface area contributed by atoms with Gasteiger partial charge in [0.1, 0.15) is 6.61 Å². The molecule has 0 aliphatic carbocycles. The van der Waals surface area contributed by atoms with E-state index >= 15 is 0 Å². The van der Waals surface area contributed by atoms with Crippen molar-refractivity contribution in [2.45, 2.75) is 45.8 Å². The van der Waals surface area contributed by atoms with Crippen molar-refractivity contribution in [3.63, 3.8) is 0 Å². The minimum atomic E-state index is -0.916. The Morgan fingerprint density at radius 3 is 2.50 bits per heavy atom. The molecule has 0 saturated carbocycles. The predicted molar refractivity (Wildman–Crippen MR) is 85.5 cm³/mol. The summed E-state index contributed by atoms with van der Waals surface area (Å²) in [5.41, 5.74) is -0.916. The molecule has 0 aromatic rings. The fraction of sp³-hybridized carbons (Fsp3) is 0.929. The normalized spacial score (nSPS) is 17.3. The van der Waals surface area contributed by atoms with Crippen LogP contribution in [0.4, 0.5) is 0 Å². The zero-order valence-electron chi connectivity index (χ0n) is 13.0. The zero-order valence-corrected chi connectivity index (χ0v) is 14.9. The van der Waals surface area contributed by atoms with Crippen molar-refractivity contribution >= 4 is 26.8 Å². The molecule has 4 unspecified atom stereocenters. The Balaban J connectivity index is 4.24. The second-order valence-corrected chi connectivity index (χ2v) is 6.11. The average molecular weight is 327 g/mol. The lowest BCUT2D eigenvalue weighted by atomic mass is 10.0. The Labute approximate surface area is 130 Å². The number of rotatable bonds is 11. The number of carbonyl (C=O) groups is 1. The van der Waals surface area contributed by atoms with Crippen LogP contribution >= 0.6 is 20.8 Å². The molecule has 0 spiro atoms. The van der Waals surface area contributed by atoms with Crippen LogP contribution in [-0.2, 0) is 19.0 Å². The highest BCUT2D eigenvalue weighted by Gasteiger charge is 2.34. The van der Waals surface area contributed by atoms with E-state index < -0.39 is 5.60 Å². The molecule has 0 fully saturated rings. The topological polar surface area (TPSA) is 44.8 Å². The van der Waals surface area contributed by atoms with Gasteiger partial charge in [0.15, 0.2) is 5.60 Å². The number of halogens is 1. The van der Waals surface area contributed by atoms with Crippen LogP contribution < -0.4 is 0 Å². The summed E-state index contributed by atoms with van der Waals surface area (Å²) in [6.07, 6.45) is 1.31. The second-order valence-electron chi connectivity index (χ2n) is 5.22. The van der Waals surface area contributed by atoms with Crippen LogP contribution in [0.25, 0.3) is 0 Å². The van der Waals surface area contributed by atoms with E-state index in [0.29, 0.717) is 25.5 Å². The molecule has 0 aliphatic heterocycles. The molecule has 0 N–H and O–H groups in total. The van der Waals surface area contributed by atoms with Crippen molar-refractivity contribution in [3.8, 4) is 0 Å². The van der Waals surface area contributed by atoms with Gasteiger partial charge >= 0.3 is 5.97 Å². The number of ether oxygens (including phenoxy) is 3. The van der Waals surface area contributed by atoms with E-state index in [1.165, 1.54) is 0 Å². The molecule has 0 saturated heterocycles. The van der Waals surface area contributed by atoms with Crippen LogP contribution in [0.5, 0.6) is 0 Å². The summed E-state index contributed by atoms with van der Waals surface area (Å²) in [4.78, 5) is 12.1. The molecular formula is C14H28ClO4P. The first-order valence-corrected chi connectivity index (χ1v) is 8.43. The fourth-order valence-corrected chi connectivity index (χ4v) is 1.56. The van der Waals surface area contributed by atoms with Crippen LogP contribution in [0.1, 0.15) is 34.1 Å². The highest BCUT2D eigenvalue weighted by molar-refractivity contribution is 7.16. The van der Waals surface area contributed by atoms with Gasteiger partial charge in [-0.3, -0.25) is 0 Å². The van der Waals surface area contributed by atoms with Gasteiger partial charge in [0.05, 0.1) is 19.3 Å². The number of hydrogen-bond donors (Lipinski definition) is 0. The molecule has 4 nitrogen and oxygen atoms in total. The maximum absolute atomic E-state index is 12.1. The third-order valence-electron chi connectivity index (χ3n) is 3.03. The van der Waals surface area contributed by atoms with E-state index in [-0.39, 0.29) is 24.6 Å². The van der Waals surface area contributed by atoms with E-state index in [0.717, 1.165) is 6.16 Å². The van der Waals surface area contributed by atoms with Crippen LogP contribution in [0.15, 0.2) is 0 Å². The van der Waals surface area contributed by atoms with Crippen LogP contribution in [0.3, 0.4) is 0 Å². The van der Waals surface area contributed by atoms with Crippen LogP contribution in [-0.4, -0.2) is 49.5 Å². The van der Waals surface area contributed by atoms with Gasteiger partial charge in [0, 0.05) is 5.88 Å². The monoisotopic (exact) mass is 326 g/mol. The predicted octanol–water partition coefficient (Wildman–Crippen LogP) is 2.87. The fourth-order valence-electron chi connectivity index (χ4n) is 1.34. The molecule has 0 aliphatic rings. The van der Waals surface area contributed by atoms with E-state index in [1.54, 1.807) is 6.92 Å².